The molecule has 0 N–H and O–H groups in total. The van der Waals surface area contributed by atoms with Crippen LogP contribution in [0.4, 0.5) is 0 Å². The summed E-state index contributed by atoms with van der Waals surface area (Å²) in [5.41, 5.74) is 1.84. The minimum Gasteiger partial charge on any atom is -0.457 e. The normalized spacial score (nSPS) is 14.8. The Bertz CT molecular complexity index is 992. The van der Waals surface area contributed by atoms with E-state index in [1.165, 1.54) is 0 Å². The van der Waals surface area contributed by atoms with Gasteiger partial charge in [0, 0.05) is 5.56 Å². The van der Waals surface area contributed by atoms with Gasteiger partial charge >= 0.3 is 5.97 Å². The van der Waals surface area contributed by atoms with Crippen LogP contribution in [0.3, 0.4) is 0 Å². The van der Waals surface area contributed by atoms with E-state index in [1.807, 2.05) is 84.9 Å². The second-order valence-corrected chi connectivity index (χ2v) is 5.69. The van der Waals surface area contributed by atoms with Crippen molar-refractivity contribution in [3.8, 4) is 11.5 Å². The number of para-hydroxylation sites is 1. The number of esters is 1. The first-order valence-electron chi connectivity index (χ1n) is 8.19. The molecule has 26 heavy (non-hydrogen) atoms. The first-order chi connectivity index (χ1) is 12.8. The largest absolute Gasteiger partial charge is 0.457 e. The Morgan fingerprint density at radius 1 is 0.808 bits per heavy atom. The van der Waals surface area contributed by atoms with Crippen molar-refractivity contribution in [2.75, 3.05) is 0 Å². The second kappa shape index (κ2) is 7.07. The molecule has 4 rings (SSSR count). The summed E-state index contributed by atoms with van der Waals surface area (Å²) in [5, 5.41) is 0. The Morgan fingerprint density at radius 3 is 2.27 bits per heavy atom. The van der Waals surface area contributed by atoms with Crippen LogP contribution in [-0.4, -0.2) is 11.9 Å². The van der Waals surface area contributed by atoms with Crippen molar-refractivity contribution in [1.82, 2.24) is 0 Å². The minimum atomic E-state index is -0.460. The summed E-state index contributed by atoms with van der Waals surface area (Å²) in [4.78, 5) is 16.4. The maximum Gasteiger partial charge on any atom is 0.363 e. The smallest absolute Gasteiger partial charge is 0.363 e. The SMILES string of the molecule is O=C1OC(c2ccccc2)=NC1=Cc1cccc(Oc2ccccc2)c1. The maximum absolute atomic E-state index is 12.1. The van der Waals surface area contributed by atoms with Crippen LogP contribution in [0.5, 0.6) is 11.5 Å². The van der Waals surface area contributed by atoms with Crippen LogP contribution in [0.15, 0.2) is 95.6 Å². The molecular weight excluding hydrogens is 326 g/mol. The van der Waals surface area contributed by atoms with Crippen LogP contribution in [0.1, 0.15) is 11.1 Å². The van der Waals surface area contributed by atoms with Gasteiger partial charge in [0.1, 0.15) is 11.5 Å². The van der Waals surface area contributed by atoms with Crippen molar-refractivity contribution in [2.24, 2.45) is 4.99 Å². The molecule has 0 unspecified atom stereocenters. The van der Waals surface area contributed by atoms with Gasteiger partial charge in [-0.3, -0.25) is 0 Å². The Balaban J connectivity index is 1.59. The minimum absolute atomic E-state index is 0.265. The zero-order chi connectivity index (χ0) is 17.8. The predicted octanol–water partition coefficient (Wildman–Crippen LogP) is 4.82. The number of cyclic esters (lactones) is 1. The van der Waals surface area contributed by atoms with E-state index in [-0.39, 0.29) is 5.70 Å². The maximum atomic E-state index is 12.1. The Labute approximate surface area is 151 Å². The Hall–Kier alpha value is -3.66. The zero-order valence-electron chi connectivity index (χ0n) is 13.8. The third-order valence-electron chi connectivity index (χ3n) is 3.78. The van der Waals surface area contributed by atoms with E-state index in [9.17, 15) is 4.79 Å². The molecule has 1 heterocycles. The van der Waals surface area contributed by atoms with Crippen molar-refractivity contribution >= 4 is 17.9 Å². The van der Waals surface area contributed by atoms with Gasteiger partial charge in [0.2, 0.25) is 5.90 Å². The van der Waals surface area contributed by atoms with Crippen LogP contribution in [0, 0.1) is 0 Å². The quantitative estimate of drug-likeness (QED) is 0.505. The third kappa shape index (κ3) is 3.54. The molecule has 4 heteroatoms. The molecule has 126 valence electrons. The number of hydrogen-bond donors (Lipinski definition) is 0. The molecule has 1 aliphatic rings. The van der Waals surface area contributed by atoms with E-state index >= 15 is 0 Å². The van der Waals surface area contributed by atoms with Gasteiger partial charge in [0.25, 0.3) is 0 Å². The lowest BCUT2D eigenvalue weighted by atomic mass is 10.2. The highest BCUT2D eigenvalue weighted by Crippen LogP contribution is 2.24. The summed E-state index contributed by atoms with van der Waals surface area (Å²) in [6.45, 7) is 0. The lowest BCUT2D eigenvalue weighted by molar-refractivity contribution is -0.129. The number of nitrogens with zero attached hydrogens (tertiary/aromatic N) is 1. The third-order valence-corrected chi connectivity index (χ3v) is 3.78. The van der Waals surface area contributed by atoms with Gasteiger partial charge in [-0.05, 0) is 48.0 Å². The highest BCUT2D eigenvalue weighted by Gasteiger charge is 2.23. The molecule has 3 aromatic carbocycles. The topological polar surface area (TPSA) is 47.9 Å². The Morgan fingerprint density at radius 2 is 1.50 bits per heavy atom. The average Bonchev–Trinajstić information content (AvgIpc) is 3.04. The summed E-state index contributed by atoms with van der Waals surface area (Å²) in [5.74, 6) is 1.29. The molecule has 0 saturated carbocycles. The molecule has 3 aromatic rings. The molecule has 0 aliphatic carbocycles. The number of ether oxygens (including phenoxy) is 2. The van der Waals surface area contributed by atoms with Crippen molar-refractivity contribution in [1.29, 1.82) is 0 Å². The summed E-state index contributed by atoms with van der Waals surface area (Å²) < 4.78 is 11.1. The predicted molar refractivity (Wildman–Crippen MR) is 100 cm³/mol. The van der Waals surface area contributed by atoms with Gasteiger partial charge in [-0.25, -0.2) is 9.79 Å². The molecule has 0 saturated heterocycles. The number of carbonyl (C=O) groups is 1. The Kier molecular flexibility index (Phi) is 4.31. The zero-order valence-corrected chi connectivity index (χ0v) is 13.8. The van der Waals surface area contributed by atoms with Crippen LogP contribution < -0.4 is 4.74 Å². The van der Waals surface area contributed by atoms with Gasteiger partial charge in [0.15, 0.2) is 5.70 Å². The fourth-order valence-electron chi connectivity index (χ4n) is 2.56. The van der Waals surface area contributed by atoms with Crippen molar-refractivity contribution in [3.05, 3.63) is 102 Å². The van der Waals surface area contributed by atoms with Crippen LogP contribution in [0.2, 0.25) is 0 Å². The van der Waals surface area contributed by atoms with Crippen LogP contribution in [0.25, 0.3) is 6.08 Å². The van der Waals surface area contributed by atoms with Crippen molar-refractivity contribution < 1.29 is 14.3 Å². The van der Waals surface area contributed by atoms with E-state index in [2.05, 4.69) is 4.99 Å². The summed E-state index contributed by atoms with van der Waals surface area (Å²) in [6, 6.07) is 26.3. The highest BCUT2D eigenvalue weighted by molar-refractivity contribution is 6.12. The van der Waals surface area contributed by atoms with Crippen molar-refractivity contribution in [3.63, 3.8) is 0 Å². The van der Waals surface area contributed by atoms with Gasteiger partial charge < -0.3 is 9.47 Å². The number of benzene rings is 3. The van der Waals surface area contributed by atoms with Gasteiger partial charge in [-0.1, -0.05) is 48.5 Å². The number of rotatable bonds is 4. The molecule has 0 spiro atoms. The van der Waals surface area contributed by atoms with Crippen LogP contribution >= 0.6 is 0 Å². The molecule has 1 aliphatic heterocycles. The second-order valence-electron chi connectivity index (χ2n) is 5.69. The van der Waals surface area contributed by atoms with Gasteiger partial charge in [-0.15, -0.1) is 0 Å². The first kappa shape index (κ1) is 15.8. The number of hydrogen-bond acceptors (Lipinski definition) is 4. The van der Waals surface area contributed by atoms with E-state index in [0.717, 1.165) is 16.9 Å². The number of carbonyl (C=O) groups excluding carboxylic acids is 1. The molecule has 0 bridgehead atoms. The molecule has 0 aromatic heterocycles. The number of aliphatic imine (C=N–C) groups is 1. The van der Waals surface area contributed by atoms with Crippen molar-refractivity contribution in [2.45, 2.75) is 0 Å². The lowest BCUT2D eigenvalue weighted by Gasteiger charge is -2.05. The molecule has 0 radical (unpaired) electrons. The molecule has 0 fully saturated rings. The average molecular weight is 341 g/mol. The molecular formula is C22H15NO3. The monoisotopic (exact) mass is 341 g/mol. The standard InChI is InChI=1S/C22H15NO3/c24-22-20(23-21(26-22)17-9-3-1-4-10-17)15-16-8-7-13-19(14-16)25-18-11-5-2-6-12-18/h1-15H. The summed E-state index contributed by atoms with van der Waals surface area (Å²) >= 11 is 0. The van der Waals surface area contributed by atoms with E-state index in [4.69, 9.17) is 9.47 Å². The highest BCUT2D eigenvalue weighted by atomic mass is 16.6. The molecule has 0 amide bonds. The van der Waals surface area contributed by atoms with E-state index in [0.29, 0.717) is 11.6 Å². The lowest BCUT2D eigenvalue weighted by Crippen LogP contribution is -2.04. The van der Waals surface area contributed by atoms with E-state index < -0.39 is 5.97 Å². The summed E-state index contributed by atoms with van der Waals surface area (Å²) in [6.07, 6.45) is 1.69. The summed E-state index contributed by atoms with van der Waals surface area (Å²) in [7, 11) is 0. The fourth-order valence-corrected chi connectivity index (χ4v) is 2.56. The fraction of sp³-hybridized carbons (Fsp3) is 0. The molecule has 4 nitrogen and oxygen atoms in total. The first-order valence-corrected chi connectivity index (χ1v) is 8.19. The molecule has 0 atom stereocenters. The van der Waals surface area contributed by atoms with Gasteiger partial charge in [0.05, 0.1) is 0 Å². The van der Waals surface area contributed by atoms with Crippen LogP contribution in [-0.2, 0) is 9.53 Å². The van der Waals surface area contributed by atoms with E-state index in [1.54, 1.807) is 6.08 Å². The van der Waals surface area contributed by atoms with Gasteiger partial charge in [-0.2, -0.15) is 0 Å².